The summed E-state index contributed by atoms with van der Waals surface area (Å²) in [5.74, 6) is 0.917. The van der Waals surface area contributed by atoms with Gasteiger partial charge < -0.3 is 9.64 Å². The molecular formula is C17H20N2O2. The van der Waals surface area contributed by atoms with Crippen LogP contribution in [0.1, 0.15) is 18.1 Å². The molecular weight excluding hydrogens is 264 g/mol. The highest BCUT2D eigenvalue weighted by Crippen LogP contribution is 2.13. The molecule has 21 heavy (non-hydrogen) atoms. The summed E-state index contributed by atoms with van der Waals surface area (Å²) in [6.07, 6.45) is 3.90. The van der Waals surface area contributed by atoms with Crippen molar-refractivity contribution in [2.75, 3.05) is 13.7 Å². The fraction of sp³-hybridized carbons (Fsp3) is 0.294. The Morgan fingerprint density at radius 1 is 1.19 bits per heavy atom. The molecule has 1 aromatic carbocycles. The first-order valence-electron chi connectivity index (χ1n) is 7.03. The number of hydrogen-bond acceptors (Lipinski definition) is 3. The number of aromatic nitrogens is 1. The smallest absolute Gasteiger partial charge is 0.227 e. The maximum atomic E-state index is 12.2. The minimum Gasteiger partial charge on any atom is -0.494 e. The van der Waals surface area contributed by atoms with Crippen LogP contribution in [0.15, 0.2) is 48.8 Å². The molecule has 4 nitrogen and oxygen atoms in total. The molecule has 4 heteroatoms. The number of pyridine rings is 1. The first kappa shape index (κ1) is 15.0. The molecule has 0 unspecified atom stereocenters. The molecule has 2 aromatic rings. The molecule has 1 heterocycles. The number of ether oxygens (including phenoxy) is 1. The van der Waals surface area contributed by atoms with E-state index in [1.807, 2.05) is 50.4 Å². The molecule has 110 valence electrons. The first-order valence-corrected chi connectivity index (χ1v) is 7.03. The van der Waals surface area contributed by atoms with Crippen LogP contribution in [-0.4, -0.2) is 29.4 Å². The third-order valence-corrected chi connectivity index (χ3v) is 3.16. The molecule has 0 aliphatic carbocycles. The van der Waals surface area contributed by atoms with Crippen LogP contribution >= 0.6 is 0 Å². The van der Waals surface area contributed by atoms with E-state index in [4.69, 9.17) is 4.74 Å². The highest BCUT2D eigenvalue weighted by molar-refractivity contribution is 5.78. The molecule has 2 rings (SSSR count). The van der Waals surface area contributed by atoms with E-state index in [0.29, 0.717) is 19.6 Å². The number of carbonyl (C=O) groups is 1. The molecule has 0 fully saturated rings. The Hall–Kier alpha value is -2.36. The van der Waals surface area contributed by atoms with Gasteiger partial charge in [0.15, 0.2) is 0 Å². The van der Waals surface area contributed by atoms with Gasteiger partial charge in [-0.25, -0.2) is 0 Å². The summed E-state index contributed by atoms with van der Waals surface area (Å²) < 4.78 is 5.39. The van der Waals surface area contributed by atoms with E-state index < -0.39 is 0 Å². The Morgan fingerprint density at radius 3 is 2.57 bits per heavy atom. The Balaban J connectivity index is 1.91. The van der Waals surface area contributed by atoms with Gasteiger partial charge in [0.1, 0.15) is 5.75 Å². The highest BCUT2D eigenvalue weighted by atomic mass is 16.5. The number of nitrogens with zero attached hydrogens (tertiary/aromatic N) is 2. The number of benzene rings is 1. The number of hydrogen-bond donors (Lipinski definition) is 0. The van der Waals surface area contributed by atoms with Crippen molar-refractivity contribution in [3.63, 3.8) is 0 Å². The molecule has 1 aromatic heterocycles. The average Bonchev–Trinajstić information content (AvgIpc) is 2.50. The van der Waals surface area contributed by atoms with Crippen LogP contribution in [-0.2, 0) is 17.8 Å². The van der Waals surface area contributed by atoms with Crippen LogP contribution in [0.3, 0.4) is 0 Å². The third kappa shape index (κ3) is 4.60. The molecule has 0 aliphatic heterocycles. The minimum absolute atomic E-state index is 0.0861. The third-order valence-electron chi connectivity index (χ3n) is 3.16. The largest absolute Gasteiger partial charge is 0.494 e. The van der Waals surface area contributed by atoms with Crippen LogP contribution < -0.4 is 4.74 Å². The monoisotopic (exact) mass is 284 g/mol. The molecule has 0 N–H and O–H groups in total. The lowest BCUT2D eigenvalue weighted by molar-refractivity contribution is -0.129. The van der Waals surface area contributed by atoms with Gasteiger partial charge >= 0.3 is 0 Å². The topological polar surface area (TPSA) is 42.4 Å². The second-order valence-corrected chi connectivity index (χ2v) is 4.86. The zero-order valence-corrected chi connectivity index (χ0v) is 12.5. The van der Waals surface area contributed by atoms with Gasteiger partial charge in [-0.2, -0.15) is 0 Å². The minimum atomic E-state index is 0.0861. The maximum absolute atomic E-state index is 12.2. The number of amides is 1. The normalized spacial score (nSPS) is 10.2. The van der Waals surface area contributed by atoms with Crippen molar-refractivity contribution < 1.29 is 9.53 Å². The van der Waals surface area contributed by atoms with Gasteiger partial charge in [0.05, 0.1) is 13.0 Å². The average molecular weight is 284 g/mol. The summed E-state index contributed by atoms with van der Waals surface area (Å²) in [6.45, 7) is 3.17. The van der Waals surface area contributed by atoms with Crippen LogP contribution in [0.5, 0.6) is 5.75 Å². The lowest BCUT2D eigenvalue weighted by atomic mass is 10.1. The van der Waals surface area contributed by atoms with E-state index in [1.54, 1.807) is 17.3 Å². The van der Waals surface area contributed by atoms with Gasteiger partial charge in [-0.15, -0.1) is 0 Å². The van der Waals surface area contributed by atoms with Crippen molar-refractivity contribution in [3.8, 4) is 5.75 Å². The summed E-state index contributed by atoms with van der Waals surface area (Å²) in [5, 5.41) is 0. The van der Waals surface area contributed by atoms with E-state index in [-0.39, 0.29) is 5.91 Å². The van der Waals surface area contributed by atoms with Crippen molar-refractivity contribution in [2.24, 2.45) is 0 Å². The Bertz CT molecular complexity index is 567. The maximum Gasteiger partial charge on any atom is 0.227 e. The van der Waals surface area contributed by atoms with Crippen molar-refractivity contribution in [1.29, 1.82) is 0 Å². The molecule has 1 amide bonds. The van der Waals surface area contributed by atoms with Crippen molar-refractivity contribution in [2.45, 2.75) is 19.9 Å². The van der Waals surface area contributed by atoms with Gasteiger partial charge in [-0.1, -0.05) is 18.2 Å². The summed E-state index contributed by atoms with van der Waals surface area (Å²) in [7, 11) is 1.81. The van der Waals surface area contributed by atoms with Crippen molar-refractivity contribution >= 4 is 5.91 Å². The number of carbonyl (C=O) groups excluding carboxylic acids is 1. The second-order valence-electron chi connectivity index (χ2n) is 4.86. The van der Waals surface area contributed by atoms with Gasteiger partial charge in [0, 0.05) is 26.0 Å². The van der Waals surface area contributed by atoms with Gasteiger partial charge in [-0.05, 0) is 36.2 Å². The van der Waals surface area contributed by atoms with Gasteiger partial charge in [0.25, 0.3) is 0 Å². The Kier molecular flexibility index (Phi) is 5.32. The van der Waals surface area contributed by atoms with E-state index in [2.05, 4.69) is 4.98 Å². The lowest BCUT2D eigenvalue weighted by Crippen LogP contribution is -2.27. The fourth-order valence-electron chi connectivity index (χ4n) is 2.03. The quantitative estimate of drug-likeness (QED) is 0.819. The predicted molar refractivity (Wildman–Crippen MR) is 82.0 cm³/mol. The molecule has 0 radical (unpaired) electrons. The van der Waals surface area contributed by atoms with E-state index in [9.17, 15) is 4.79 Å². The van der Waals surface area contributed by atoms with E-state index >= 15 is 0 Å². The second kappa shape index (κ2) is 7.43. The zero-order valence-electron chi connectivity index (χ0n) is 12.5. The standard InChI is InChI=1S/C17H20N2O2/c1-3-21-16-8-6-14(7-9-16)11-17(20)19(2)13-15-5-4-10-18-12-15/h4-10,12H,3,11,13H2,1-2H3. The van der Waals surface area contributed by atoms with Crippen LogP contribution in [0, 0.1) is 0 Å². The van der Waals surface area contributed by atoms with Crippen molar-refractivity contribution in [1.82, 2.24) is 9.88 Å². The lowest BCUT2D eigenvalue weighted by Gasteiger charge is -2.17. The summed E-state index contributed by atoms with van der Waals surface area (Å²) in [4.78, 5) is 18.0. The summed E-state index contributed by atoms with van der Waals surface area (Å²) >= 11 is 0. The predicted octanol–water partition coefficient (Wildman–Crippen LogP) is 2.68. The summed E-state index contributed by atoms with van der Waals surface area (Å²) in [5.41, 5.74) is 2.02. The SMILES string of the molecule is CCOc1ccc(CC(=O)N(C)Cc2cccnc2)cc1. The molecule has 0 atom stereocenters. The van der Waals surface area contributed by atoms with E-state index in [0.717, 1.165) is 16.9 Å². The van der Waals surface area contributed by atoms with Crippen LogP contribution in [0.25, 0.3) is 0 Å². The molecule has 0 saturated carbocycles. The molecule has 0 spiro atoms. The number of rotatable bonds is 6. The fourth-order valence-corrected chi connectivity index (χ4v) is 2.03. The van der Waals surface area contributed by atoms with E-state index in [1.165, 1.54) is 0 Å². The van der Waals surface area contributed by atoms with Gasteiger partial charge in [0.2, 0.25) is 5.91 Å². The zero-order chi connectivity index (χ0) is 15.1. The van der Waals surface area contributed by atoms with Crippen molar-refractivity contribution in [3.05, 3.63) is 59.9 Å². The Labute approximate surface area is 125 Å². The summed E-state index contributed by atoms with van der Waals surface area (Å²) in [6, 6.07) is 11.5. The number of likely N-dealkylation sites (N-methyl/N-ethyl adjacent to an activating group) is 1. The van der Waals surface area contributed by atoms with Crippen LogP contribution in [0.2, 0.25) is 0 Å². The highest BCUT2D eigenvalue weighted by Gasteiger charge is 2.10. The molecule has 0 aliphatic rings. The Morgan fingerprint density at radius 2 is 1.95 bits per heavy atom. The first-order chi connectivity index (χ1) is 10.2. The van der Waals surface area contributed by atoms with Crippen LogP contribution in [0.4, 0.5) is 0 Å². The molecule has 0 saturated heterocycles. The van der Waals surface area contributed by atoms with Gasteiger partial charge in [-0.3, -0.25) is 9.78 Å². The molecule has 0 bridgehead atoms.